The third-order valence-electron chi connectivity index (χ3n) is 4.84. The number of unbranched alkanes of at least 4 members (excludes halogenated alkanes) is 1. The first kappa shape index (κ1) is 18.2. The van der Waals surface area contributed by atoms with Gasteiger partial charge in [-0.3, -0.25) is 4.79 Å². The van der Waals surface area contributed by atoms with Crippen LogP contribution in [0.25, 0.3) is 0 Å². The Hall–Kier alpha value is -2.56. The number of rotatable bonds is 7. The molecule has 1 aromatic heterocycles. The lowest BCUT2D eigenvalue weighted by molar-refractivity contribution is 0.102. The fraction of sp³-hybridized carbons (Fsp3) is 0.429. The first-order valence-electron chi connectivity index (χ1n) is 9.51. The zero-order valence-electron chi connectivity index (χ0n) is 15.7. The smallest absolute Gasteiger partial charge is 0.255 e. The van der Waals surface area contributed by atoms with Crippen LogP contribution in [0.3, 0.4) is 0 Å². The molecule has 3 rings (SSSR count). The van der Waals surface area contributed by atoms with E-state index in [1.54, 1.807) is 12.3 Å². The molecule has 1 amide bonds. The fourth-order valence-corrected chi connectivity index (χ4v) is 3.21. The summed E-state index contributed by atoms with van der Waals surface area (Å²) < 4.78 is 0. The minimum absolute atomic E-state index is 0.105. The molecule has 0 spiro atoms. The molecule has 0 atom stereocenters. The van der Waals surface area contributed by atoms with Crippen molar-refractivity contribution in [3.8, 4) is 0 Å². The Morgan fingerprint density at radius 2 is 1.92 bits per heavy atom. The molecule has 5 nitrogen and oxygen atoms in total. The molecule has 0 saturated carbocycles. The number of carbonyl (C=O) groups excluding carboxylic acids is 1. The summed E-state index contributed by atoms with van der Waals surface area (Å²) in [5, 5.41) is 2.98. The van der Waals surface area contributed by atoms with Crippen molar-refractivity contribution < 1.29 is 4.79 Å². The summed E-state index contributed by atoms with van der Waals surface area (Å²) in [5.74, 6) is 0.724. The van der Waals surface area contributed by atoms with E-state index < -0.39 is 0 Å². The van der Waals surface area contributed by atoms with Crippen LogP contribution < -0.4 is 15.1 Å². The second-order valence-corrected chi connectivity index (χ2v) is 6.87. The van der Waals surface area contributed by atoms with E-state index in [0.29, 0.717) is 5.56 Å². The van der Waals surface area contributed by atoms with Gasteiger partial charge in [-0.2, -0.15) is 0 Å². The second kappa shape index (κ2) is 8.70. The Kier molecular flexibility index (Phi) is 6.10. The largest absolute Gasteiger partial charge is 0.372 e. The van der Waals surface area contributed by atoms with E-state index in [9.17, 15) is 4.79 Å². The van der Waals surface area contributed by atoms with Crippen molar-refractivity contribution in [2.45, 2.75) is 32.6 Å². The van der Waals surface area contributed by atoms with Crippen molar-refractivity contribution >= 4 is 23.1 Å². The number of hydrogen-bond acceptors (Lipinski definition) is 4. The van der Waals surface area contributed by atoms with Gasteiger partial charge in [0.05, 0.1) is 0 Å². The lowest BCUT2D eigenvalue weighted by Crippen LogP contribution is -2.20. The van der Waals surface area contributed by atoms with Crippen molar-refractivity contribution in [2.75, 3.05) is 41.8 Å². The van der Waals surface area contributed by atoms with Gasteiger partial charge < -0.3 is 15.1 Å². The highest BCUT2D eigenvalue weighted by atomic mass is 16.1. The molecule has 0 bridgehead atoms. The number of carbonyl (C=O) groups is 1. The van der Waals surface area contributed by atoms with Crippen LogP contribution in [0.4, 0.5) is 17.2 Å². The van der Waals surface area contributed by atoms with Gasteiger partial charge in [-0.05, 0) is 55.7 Å². The Morgan fingerprint density at radius 3 is 2.62 bits per heavy atom. The summed E-state index contributed by atoms with van der Waals surface area (Å²) in [4.78, 5) is 21.4. The molecule has 1 N–H and O–H groups in total. The van der Waals surface area contributed by atoms with Crippen LogP contribution in [0.5, 0.6) is 0 Å². The second-order valence-electron chi connectivity index (χ2n) is 6.87. The van der Waals surface area contributed by atoms with Crippen molar-refractivity contribution in [1.29, 1.82) is 0 Å². The first-order valence-corrected chi connectivity index (χ1v) is 9.51. The quantitative estimate of drug-likeness (QED) is 0.812. The van der Waals surface area contributed by atoms with Crippen LogP contribution in [0, 0.1) is 0 Å². The molecule has 1 aliphatic heterocycles. The molecular formula is C21H28N4O. The maximum Gasteiger partial charge on any atom is 0.255 e. The Labute approximate surface area is 156 Å². The molecule has 0 aliphatic carbocycles. The summed E-state index contributed by atoms with van der Waals surface area (Å²) in [5.41, 5.74) is 2.67. The summed E-state index contributed by atoms with van der Waals surface area (Å²) in [6.45, 7) is 5.35. The third kappa shape index (κ3) is 4.54. The van der Waals surface area contributed by atoms with E-state index in [1.807, 2.05) is 25.2 Å². The highest BCUT2D eigenvalue weighted by Gasteiger charge is 2.13. The standard InChI is InChI=1S/C21H28N4O/c1-3-4-13-24(2)20-16-17(11-12-22-20)21(26)23-18-7-9-19(10-8-18)25-14-5-6-15-25/h7-12,16H,3-6,13-15H2,1-2H3,(H,23,26). The SMILES string of the molecule is CCCCN(C)c1cc(C(=O)Nc2ccc(N3CCCC3)cc2)ccn1. The summed E-state index contributed by atoms with van der Waals surface area (Å²) >= 11 is 0. The molecular weight excluding hydrogens is 324 g/mol. The number of anilines is 3. The minimum atomic E-state index is -0.105. The van der Waals surface area contributed by atoms with Gasteiger partial charge >= 0.3 is 0 Å². The van der Waals surface area contributed by atoms with E-state index >= 15 is 0 Å². The number of nitrogens with zero attached hydrogens (tertiary/aromatic N) is 3. The number of aromatic nitrogens is 1. The van der Waals surface area contributed by atoms with Gasteiger partial charge in [-0.25, -0.2) is 4.98 Å². The maximum atomic E-state index is 12.6. The third-order valence-corrected chi connectivity index (χ3v) is 4.84. The van der Waals surface area contributed by atoms with E-state index in [0.717, 1.165) is 44.0 Å². The van der Waals surface area contributed by atoms with Crippen molar-refractivity contribution in [3.05, 3.63) is 48.2 Å². The highest BCUT2D eigenvalue weighted by Crippen LogP contribution is 2.22. The van der Waals surface area contributed by atoms with Gasteiger partial charge in [0.1, 0.15) is 5.82 Å². The molecule has 2 aromatic rings. The van der Waals surface area contributed by atoms with Crippen molar-refractivity contribution in [2.24, 2.45) is 0 Å². The van der Waals surface area contributed by atoms with Gasteiger partial charge in [0.15, 0.2) is 0 Å². The van der Waals surface area contributed by atoms with Crippen LogP contribution in [-0.2, 0) is 0 Å². The van der Waals surface area contributed by atoms with E-state index in [2.05, 4.69) is 39.2 Å². The Morgan fingerprint density at radius 1 is 1.19 bits per heavy atom. The fourth-order valence-electron chi connectivity index (χ4n) is 3.21. The predicted molar refractivity (Wildman–Crippen MR) is 108 cm³/mol. The molecule has 1 fully saturated rings. The van der Waals surface area contributed by atoms with Gasteiger partial charge in [0.2, 0.25) is 0 Å². The van der Waals surface area contributed by atoms with Crippen LogP contribution in [-0.4, -0.2) is 37.6 Å². The molecule has 2 heterocycles. The number of benzene rings is 1. The first-order chi connectivity index (χ1) is 12.7. The van der Waals surface area contributed by atoms with Gasteiger partial charge in [0, 0.05) is 49.8 Å². The number of amides is 1. The lowest BCUT2D eigenvalue weighted by Gasteiger charge is -2.18. The van der Waals surface area contributed by atoms with E-state index in [4.69, 9.17) is 0 Å². The molecule has 1 aromatic carbocycles. The number of hydrogen-bond donors (Lipinski definition) is 1. The minimum Gasteiger partial charge on any atom is -0.372 e. The average Bonchev–Trinajstić information content (AvgIpc) is 3.21. The van der Waals surface area contributed by atoms with E-state index in [1.165, 1.54) is 18.5 Å². The van der Waals surface area contributed by atoms with Crippen LogP contribution in [0.15, 0.2) is 42.6 Å². The monoisotopic (exact) mass is 352 g/mol. The molecule has 26 heavy (non-hydrogen) atoms. The molecule has 1 saturated heterocycles. The summed E-state index contributed by atoms with van der Waals surface area (Å²) in [6.07, 6.45) is 6.46. The highest BCUT2D eigenvalue weighted by molar-refractivity contribution is 6.04. The van der Waals surface area contributed by atoms with Crippen molar-refractivity contribution in [3.63, 3.8) is 0 Å². The van der Waals surface area contributed by atoms with Gasteiger partial charge in [0.25, 0.3) is 5.91 Å². The predicted octanol–water partition coefficient (Wildman–Crippen LogP) is 4.17. The van der Waals surface area contributed by atoms with Gasteiger partial charge in [-0.1, -0.05) is 13.3 Å². The average molecular weight is 352 g/mol. The Bertz CT molecular complexity index is 723. The zero-order chi connectivity index (χ0) is 18.4. The van der Waals surface area contributed by atoms with Crippen LogP contribution in [0.1, 0.15) is 43.0 Å². The number of nitrogens with one attached hydrogen (secondary N) is 1. The molecule has 0 radical (unpaired) electrons. The molecule has 1 aliphatic rings. The van der Waals surface area contributed by atoms with E-state index in [-0.39, 0.29) is 5.91 Å². The normalized spacial score (nSPS) is 13.7. The maximum absolute atomic E-state index is 12.6. The van der Waals surface area contributed by atoms with Crippen LogP contribution in [0.2, 0.25) is 0 Å². The summed E-state index contributed by atoms with van der Waals surface area (Å²) in [6, 6.07) is 11.7. The van der Waals surface area contributed by atoms with Gasteiger partial charge in [-0.15, -0.1) is 0 Å². The zero-order valence-corrected chi connectivity index (χ0v) is 15.7. The Balaban J connectivity index is 1.64. The lowest BCUT2D eigenvalue weighted by atomic mass is 10.2. The summed E-state index contributed by atoms with van der Waals surface area (Å²) in [7, 11) is 2.01. The number of pyridine rings is 1. The molecule has 0 unspecified atom stereocenters. The van der Waals surface area contributed by atoms with Crippen LogP contribution >= 0.6 is 0 Å². The molecule has 5 heteroatoms. The molecule has 138 valence electrons. The topological polar surface area (TPSA) is 48.5 Å². The van der Waals surface area contributed by atoms with Crippen molar-refractivity contribution in [1.82, 2.24) is 4.98 Å².